The topological polar surface area (TPSA) is 74.3 Å². The average Bonchev–Trinajstić information content (AvgIpc) is 3.65. The second kappa shape index (κ2) is 9.31. The smallest absolute Gasteiger partial charge is 0.243 e. The number of fused-ring (bicyclic) bond motifs is 3. The number of aromatic nitrogens is 1. The average molecular weight is 555 g/mol. The van der Waals surface area contributed by atoms with Gasteiger partial charge in [0.25, 0.3) is 0 Å². The van der Waals surface area contributed by atoms with E-state index in [9.17, 15) is 18.4 Å². The molecule has 2 atom stereocenters. The summed E-state index contributed by atoms with van der Waals surface area (Å²) in [5.41, 5.74) is 2.47. The fourth-order valence-corrected chi connectivity index (χ4v) is 7.46. The number of carbonyl (C=O) groups excluding carboxylic acids is 2. The van der Waals surface area contributed by atoms with Crippen molar-refractivity contribution in [1.29, 1.82) is 0 Å². The van der Waals surface area contributed by atoms with E-state index in [4.69, 9.17) is 0 Å². The fraction of sp³-hybridized carbons (Fsp3) is 0.364. The van der Waals surface area contributed by atoms with E-state index < -0.39 is 28.1 Å². The number of nitrogens with one attached hydrogen (secondary N) is 2. The van der Waals surface area contributed by atoms with Crippen molar-refractivity contribution in [3.05, 3.63) is 100 Å². The zero-order chi connectivity index (χ0) is 28.4. The zero-order valence-electron chi connectivity index (χ0n) is 23.0. The molecule has 4 aliphatic rings. The van der Waals surface area contributed by atoms with Gasteiger partial charge in [-0.15, -0.1) is 0 Å². The van der Waals surface area contributed by atoms with E-state index in [1.807, 2.05) is 37.3 Å². The molecule has 2 aliphatic heterocycles. The predicted octanol–water partition coefficient (Wildman–Crippen LogP) is 5.02. The Kier molecular flexibility index (Phi) is 5.91. The Balaban J connectivity index is 1.16. The van der Waals surface area contributed by atoms with E-state index in [2.05, 4.69) is 27.8 Å². The fourth-order valence-electron chi connectivity index (χ4n) is 7.46. The molecule has 210 valence electrons. The largest absolute Gasteiger partial charge is 0.327 e. The monoisotopic (exact) mass is 554 g/mol. The lowest BCUT2D eigenvalue weighted by atomic mass is 9.79. The molecule has 2 aliphatic carbocycles. The summed E-state index contributed by atoms with van der Waals surface area (Å²) in [5.74, 6) is -0.697. The first-order valence-corrected chi connectivity index (χ1v) is 14.3. The van der Waals surface area contributed by atoms with Crippen LogP contribution in [0.25, 0.3) is 6.08 Å². The van der Waals surface area contributed by atoms with Crippen molar-refractivity contribution in [2.75, 3.05) is 18.4 Å². The van der Waals surface area contributed by atoms with Crippen LogP contribution in [-0.4, -0.2) is 40.3 Å². The molecule has 7 rings (SSSR count). The second-order valence-electron chi connectivity index (χ2n) is 12.2. The van der Waals surface area contributed by atoms with Gasteiger partial charge in [0.05, 0.1) is 16.5 Å². The summed E-state index contributed by atoms with van der Waals surface area (Å²) >= 11 is 0. The van der Waals surface area contributed by atoms with Crippen LogP contribution in [0.5, 0.6) is 0 Å². The number of anilines is 1. The van der Waals surface area contributed by atoms with Crippen LogP contribution >= 0.6 is 0 Å². The van der Waals surface area contributed by atoms with Crippen LogP contribution < -0.4 is 10.6 Å². The van der Waals surface area contributed by atoms with Gasteiger partial charge >= 0.3 is 0 Å². The first kappa shape index (κ1) is 26.0. The van der Waals surface area contributed by atoms with Crippen molar-refractivity contribution in [1.82, 2.24) is 15.2 Å². The lowest BCUT2D eigenvalue weighted by Crippen LogP contribution is -2.70. The Labute approximate surface area is 237 Å². The first-order valence-electron chi connectivity index (χ1n) is 14.3. The number of rotatable bonds is 4. The molecule has 2 amide bonds. The van der Waals surface area contributed by atoms with Gasteiger partial charge in [-0.05, 0) is 73.1 Å². The molecule has 2 N–H and O–H groups in total. The molecule has 3 aromatic rings. The molecule has 2 aromatic carbocycles. The molecular formula is C33H32F2N4O2. The minimum atomic E-state index is -0.917. The Morgan fingerprint density at radius 1 is 1.00 bits per heavy atom. The number of piperazine rings is 1. The molecule has 0 bridgehead atoms. The number of halogens is 2. The molecule has 6 nitrogen and oxygen atoms in total. The standard InChI is InChI=1S/C33H32F2N4O2/c1-31(24-15-25(34)17-26(35)16-24)20-37-33(10-2-3-11-33)30(41)39(31)13-5-6-21-8-9-22-18-32(19-23(22)14-21)27-7-4-12-36-28(27)38-29(32)40/h4-9,12,14-17,37H,2-3,10-11,13,18-20H2,1H3,(H,36,38,40)/b6-5+/t31-,32+/m0/s1. The van der Waals surface area contributed by atoms with Crippen molar-refractivity contribution < 1.29 is 18.4 Å². The number of hydrogen-bond donors (Lipinski definition) is 2. The van der Waals surface area contributed by atoms with Crippen LogP contribution in [0.2, 0.25) is 0 Å². The number of pyridine rings is 1. The van der Waals surface area contributed by atoms with E-state index in [0.717, 1.165) is 54.0 Å². The molecule has 1 saturated heterocycles. The number of carbonyl (C=O) groups is 2. The van der Waals surface area contributed by atoms with Crippen LogP contribution in [0.4, 0.5) is 14.6 Å². The summed E-state index contributed by atoms with van der Waals surface area (Å²) in [5, 5.41) is 6.43. The molecule has 2 fully saturated rings. The summed E-state index contributed by atoms with van der Waals surface area (Å²) in [7, 11) is 0. The van der Waals surface area contributed by atoms with Gasteiger partial charge in [-0.2, -0.15) is 0 Å². The zero-order valence-corrected chi connectivity index (χ0v) is 23.0. The molecule has 1 aromatic heterocycles. The molecule has 0 radical (unpaired) electrons. The van der Waals surface area contributed by atoms with E-state index in [0.29, 0.717) is 37.3 Å². The van der Waals surface area contributed by atoms with E-state index in [1.54, 1.807) is 11.1 Å². The van der Waals surface area contributed by atoms with Crippen LogP contribution in [0.1, 0.15) is 60.4 Å². The third-order valence-electron chi connectivity index (χ3n) is 9.77. The number of hydrogen-bond acceptors (Lipinski definition) is 4. The normalized spacial score (nSPS) is 26.3. The summed E-state index contributed by atoms with van der Waals surface area (Å²) in [6.07, 6.45) is 10.3. The Bertz CT molecular complexity index is 1590. The Morgan fingerprint density at radius 3 is 2.54 bits per heavy atom. The third kappa shape index (κ3) is 4.02. The molecule has 8 heteroatoms. The van der Waals surface area contributed by atoms with Crippen LogP contribution in [0.15, 0.2) is 60.8 Å². The van der Waals surface area contributed by atoms with Crippen LogP contribution in [0.3, 0.4) is 0 Å². The van der Waals surface area contributed by atoms with E-state index in [1.165, 1.54) is 12.1 Å². The van der Waals surface area contributed by atoms with Gasteiger partial charge in [-0.1, -0.05) is 49.3 Å². The first-order chi connectivity index (χ1) is 19.7. The highest BCUT2D eigenvalue weighted by Crippen LogP contribution is 2.47. The summed E-state index contributed by atoms with van der Waals surface area (Å²) in [4.78, 5) is 33.2. The molecule has 1 saturated carbocycles. The lowest BCUT2D eigenvalue weighted by molar-refractivity contribution is -0.149. The molecule has 3 heterocycles. The van der Waals surface area contributed by atoms with Gasteiger partial charge in [0, 0.05) is 30.9 Å². The maximum atomic E-state index is 14.3. The SMILES string of the molecule is C[C@@]1(c2cc(F)cc(F)c2)CNC2(CCCC2)C(=O)N1C/C=C/c1ccc2c(c1)C[C@@]1(C2)C(=O)Nc2ncccc21. The van der Waals surface area contributed by atoms with Crippen molar-refractivity contribution in [2.45, 2.75) is 61.9 Å². The lowest BCUT2D eigenvalue weighted by Gasteiger charge is -2.51. The Morgan fingerprint density at radius 2 is 1.76 bits per heavy atom. The molecule has 2 spiro atoms. The van der Waals surface area contributed by atoms with Gasteiger partial charge in [0.1, 0.15) is 17.5 Å². The number of nitrogens with zero attached hydrogens (tertiary/aromatic N) is 2. The maximum absolute atomic E-state index is 14.3. The second-order valence-corrected chi connectivity index (χ2v) is 12.2. The molecule has 0 unspecified atom stereocenters. The number of amides is 2. The summed E-state index contributed by atoms with van der Waals surface area (Å²) < 4.78 is 28.5. The highest BCUT2D eigenvalue weighted by molar-refractivity contribution is 6.06. The van der Waals surface area contributed by atoms with Crippen molar-refractivity contribution in [3.63, 3.8) is 0 Å². The van der Waals surface area contributed by atoms with Gasteiger partial charge < -0.3 is 15.5 Å². The molecular weight excluding hydrogens is 522 g/mol. The quantitative estimate of drug-likeness (QED) is 0.475. The van der Waals surface area contributed by atoms with Gasteiger partial charge in [-0.3, -0.25) is 9.59 Å². The van der Waals surface area contributed by atoms with E-state index in [-0.39, 0.29) is 11.8 Å². The van der Waals surface area contributed by atoms with Crippen molar-refractivity contribution in [2.24, 2.45) is 0 Å². The Hall–Kier alpha value is -3.91. The predicted molar refractivity (Wildman–Crippen MR) is 152 cm³/mol. The third-order valence-corrected chi connectivity index (χ3v) is 9.77. The van der Waals surface area contributed by atoms with Gasteiger partial charge in [0.2, 0.25) is 11.8 Å². The van der Waals surface area contributed by atoms with E-state index >= 15 is 0 Å². The highest BCUT2D eigenvalue weighted by Gasteiger charge is 2.53. The maximum Gasteiger partial charge on any atom is 0.243 e. The van der Waals surface area contributed by atoms with Gasteiger partial charge in [-0.25, -0.2) is 13.8 Å². The summed E-state index contributed by atoms with van der Waals surface area (Å²) in [6.45, 7) is 2.59. The minimum Gasteiger partial charge on any atom is -0.327 e. The molecule has 41 heavy (non-hydrogen) atoms. The van der Waals surface area contributed by atoms with Crippen LogP contribution in [0, 0.1) is 11.6 Å². The summed E-state index contributed by atoms with van der Waals surface area (Å²) in [6, 6.07) is 13.6. The van der Waals surface area contributed by atoms with Crippen LogP contribution in [-0.2, 0) is 33.4 Å². The number of benzene rings is 2. The highest BCUT2D eigenvalue weighted by atomic mass is 19.1. The van der Waals surface area contributed by atoms with Gasteiger partial charge in [0.15, 0.2) is 0 Å². The van der Waals surface area contributed by atoms with Crippen molar-refractivity contribution >= 4 is 23.7 Å². The minimum absolute atomic E-state index is 0.00868. The van der Waals surface area contributed by atoms with Crippen molar-refractivity contribution in [3.8, 4) is 0 Å².